The number of methoxy groups -OCH3 is 1. The van der Waals surface area contributed by atoms with Crippen LogP contribution in [0.1, 0.15) is 11.3 Å². The van der Waals surface area contributed by atoms with Gasteiger partial charge >= 0.3 is 0 Å². The molecule has 0 bridgehead atoms. The van der Waals surface area contributed by atoms with Crippen molar-refractivity contribution in [2.45, 2.75) is 4.90 Å². The van der Waals surface area contributed by atoms with Gasteiger partial charge in [-0.3, -0.25) is 9.00 Å². The minimum atomic E-state index is -1.20. The number of rotatable bonds is 6. The number of hydrogen-bond donors (Lipinski definition) is 1. The largest absolute Gasteiger partial charge is 0.495 e. The van der Waals surface area contributed by atoms with Crippen LogP contribution >= 0.6 is 0 Å². The van der Waals surface area contributed by atoms with Crippen molar-refractivity contribution in [1.82, 2.24) is 10.2 Å². The smallest absolute Gasteiger partial charge is 0.264 e. The third-order valence-electron chi connectivity index (χ3n) is 2.85. The van der Waals surface area contributed by atoms with E-state index in [4.69, 9.17) is 4.74 Å². The lowest BCUT2D eigenvalue weighted by molar-refractivity contribution is 0.404. The predicted octanol–water partition coefficient (Wildman–Crippen LogP) is 2.24. The van der Waals surface area contributed by atoms with Crippen LogP contribution < -0.4 is 10.3 Å². The highest BCUT2D eigenvalue weighted by Gasteiger charge is 2.09. The Kier molecular flexibility index (Phi) is 5.43. The molecule has 1 N–H and O–H groups in total. The maximum atomic E-state index is 12.2. The summed E-state index contributed by atoms with van der Waals surface area (Å²) in [4.78, 5) is 11.6. The first kappa shape index (κ1) is 15.9. The van der Waals surface area contributed by atoms with E-state index in [1.165, 1.54) is 6.07 Å². The van der Waals surface area contributed by atoms with Crippen molar-refractivity contribution in [2.24, 2.45) is 0 Å². The normalized spacial score (nSPS) is 12.2. The standard InChI is InChI=1S/C16H16N2O3S/c1-3-10-22(20)15-11-12(5-8-14(15)21-2)4-6-13-7-9-16(19)18-17-13/h3-9,11H,1,10H2,2H3,(H,18,19). The summed E-state index contributed by atoms with van der Waals surface area (Å²) < 4.78 is 17.4. The number of hydrogen-bond acceptors (Lipinski definition) is 4. The van der Waals surface area contributed by atoms with Crippen LogP contribution in [0, 0.1) is 0 Å². The summed E-state index contributed by atoms with van der Waals surface area (Å²) in [6.07, 6.45) is 5.20. The van der Waals surface area contributed by atoms with Crippen LogP contribution in [0.5, 0.6) is 5.75 Å². The van der Waals surface area contributed by atoms with Crippen molar-refractivity contribution >= 4 is 23.0 Å². The van der Waals surface area contributed by atoms with E-state index in [-0.39, 0.29) is 5.56 Å². The van der Waals surface area contributed by atoms with Crippen LogP contribution in [0.3, 0.4) is 0 Å². The maximum Gasteiger partial charge on any atom is 0.264 e. The van der Waals surface area contributed by atoms with Crippen molar-refractivity contribution in [2.75, 3.05) is 12.9 Å². The van der Waals surface area contributed by atoms with Gasteiger partial charge in [0.05, 0.1) is 28.5 Å². The Morgan fingerprint density at radius 2 is 2.14 bits per heavy atom. The van der Waals surface area contributed by atoms with Crippen molar-refractivity contribution in [3.05, 3.63) is 64.6 Å². The van der Waals surface area contributed by atoms with E-state index in [9.17, 15) is 9.00 Å². The summed E-state index contributed by atoms with van der Waals surface area (Å²) in [7, 11) is 0.349. The van der Waals surface area contributed by atoms with E-state index in [1.54, 1.807) is 37.5 Å². The molecule has 1 atom stereocenters. The second kappa shape index (κ2) is 7.51. The third-order valence-corrected chi connectivity index (χ3v) is 4.20. The molecule has 2 aromatic rings. The van der Waals surface area contributed by atoms with Crippen molar-refractivity contribution in [3.8, 4) is 5.75 Å². The zero-order valence-electron chi connectivity index (χ0n) is 12.1. The first-order valence-corrected chi connectivity index (χ1v) is 7.87. The lowest BCUT2D eigenvalue weighted by atomic mass is 10.2. The van der Waals surface area contributed by atoms with Gasteiger partial charge in [0.15, 0.2) is 0 Å². The molecular weight excluding hydrogens is 300 g/mol. The highest BCUT2D eigenvalue weighted by molar-refractivity contribution is 7.85. The molecule has 1 unspecified atom stereocenters. The summed E-state index contributed by atoms with van der Waals surface area (Å²) >= 11 is 0. The Balaban J connectivity index is 2.29. The van der Waals surface area contributed by atoms with Crippen LogP contribution in [-0.2, 0) is 10.8 Å². The van der Waals surface area contributed by atoms with Gasteiger partial charge in [-0.1, -0.05) is 18.2 Å². The Morgan fingerprint density at radius 1 is 1.32 bits per heavy atom. The minimum Gasteiger partial charge on any atom is -0.495 e. The van der Waals surface area contributed by atoms with Crippen LogP contribution in [0.15, 0.2) is 52.7 Å². The zero-order chi connectivity index (χ0) is 15.9. The van der Waals surface area contributed by atoms with Gasteiger partial charge in [-0.25, -0.2) is 5.10 Å². The van der Waals surface area contributed by atoms with E-state index in [2.05, 4.69) is 16.8 Å². The van der Waals surface area contributed by atoms with Gasteiger partial charge < -0.3 is 4.74 Å². The number of aromatic nitrogens is 2. The highest BCUT2D eigenvalue weighted by atomic mass is 32.2. The van der Waals surface area contributed by atoms with Gasteiger partial charge in [0.1, 0.15) is 5.75 Å². The fourth-order valence-corrected chi connectivity index (χ4v) is 2.84. The monoisotopic (exact) mass is 316 g/mol. The van der Waals surface area contributed by atoms with Gasteiger partial charge in [-0.2, -0.15) is 5.10 Å². The molecule has 1 aromatic carbocycles. The van der Waals surface area contributed by atoms with Crippen LogP contribution in [-0.4, -0.2) is 27.3 Å². The molecule has 6 heteroatoms. The zero-order valence-corrected chi connectivity index (χ0v) is 12.9. The molecule has 2 rings (SSSR count). The van der Waals surface area contributed by atoms with E-state index in [1.807, 2.05) is 12.1 Å². The molecule has 1 heterocycles. The molecule has 0 aliphatic carbocycles. The molecule has 0 fully saturated rings. The topological polar surface area (TPSA) is 72.0 Å². The van der Waals surface area contributed by atoms with Crippen LogP contribution in [0.2, 0.25) is 0 Å². The molecule has 0 spiro atoms. The predicted molar refractivity (Wildman–Crippen MR) is 88.3 cm³/mol. The fourth-order valence-electron chi connectivity index (χ4n) is 1.80. The van der Waals surface area contributed by atoms with Crippen molar-refractivity contribution < 1.29 is 8.95 Å². The molecule has 0 amide bonds. The molecule has 0 saturated carbocycles. The van der Waals surface area contributed by atoms with E-state index in [0.717, 1.165) is 5.56 Å². The number of ether oxygens (including phenoxy) is 1. The van der Waals surface area contributed by atoms with E-state index < -0.39 is 10.8 Å². The Labute approximate surface area is 130 Å². The van der Waals surface area contributed by atoms with Crippen LogP contribution in [0.4, 0.5) is 0 Å². The highest BCUT2D eigenvalue weighted by Crippen LogP contribution is 2.24. The number of nitrogens with one attached hydrogen (secondary N) is 1. The summed E-state index contributed by atoms with van der Waals surface area (Å²) in [5.74, 6) is 0.949. The molecule has 1 aromatic heterocycles. The Morgan fingerprint density at radius 3 is 2.77 bits per heavy atom. The Hall–Kier alpha value is -2.47. The van der Waals surface area contributed by atoms with Crippen molar-refractivity contribution in [3.63, 3.8) is 0 Å². The second-order valence-corrected chi connectivity index (χ2v) is 5.85. The minimum absolute atomic E-state index is 0.247. The van der Waals surface area contributed by atoms with Crippen LogP contribution in [0.25, 0.3) is 12.2 Å². The van der Waals surface area contributed by atoms with Gasteiger partial charge in [-0.05, 0) is 29.8 Å². The lowest BCUT2D eigenvalue weighted by Gasteiger charge is -2.08. The molecule has 0 aliphatic heterocycles. The molecule has 0 saturated heterocycles. The lowest BCUT2D eigenvalue weighted by Crippen LogP contribution is -2.05. The van der Waals surface area contributed by atoms with Gasteiger partial charge in [0, 0.05) is 11.8 Å². The van der Waals surface area contributed by atoms with E-state index in [0.29, 0.717) is 22.1 Å². The summed E-state index contributed by atoms with van der Waals surface area (Å²) in [5.41, 5.74) is 1.24. The maximum absolute atomic E-state index is 12.2. The third kappa shape index (κ3) is 4.02. The van der Waals surface area contributed by atoms with Gasteiger partial charge in [-0.15, -0.1) is 6.58 Å². The number of aromatic amines is 1. The van der Waals surface area contributed by atoms with E-state index >= 15 is 0 Å². The van der Waals surface area contributed by atoms with Crippen molar-refractivity contribution in [1.29, 1.82) is 0 Å². The first-order chi connectivity index (χ1) is 10.6. The molecule has 0 radical (unpaired) electrons. The molecular formula is C16H16N2O3S. The van der Waals surface area contributed by atoms with Gasteiger partial charge in [0.2, 0.25) is 0 Å². The Bertz CT molecular complexity index is 761. The molecule has 114 valence electrons. The average Bonchev–Trinajstić information content (AvgIpc) is 2.54. The number of benzene rings is 1. The number of H-pyrrole nitrogens is 1. The summed E-state index contributed by atoms with van der Waals surface area (Å²) in [6.45, 7) is 3.60. The SMILES string of the molecule is C=CCS(=O)c1cc(C=Cc2ccc(=O)[nH]n2)ccc1OC. The summed E-state index contributed by atoms with van der Waals surface area (Å²) in [6, 6.07) is 8.47. The average molecular weight is 316 g/mol. The number of nitrogens with zero attached hydrogens (tertiary/aromatic N) is 1. The quantitative estimate of drug-likeness (QED) is 0.830. The molecule has 0 aliphatic rings. The molecule has 5 nitrogen and oxygen atoms in total. The fraction of sp³-hybridized carbons (Fsp3) is 0.125. The molecule has 22 heavy (non-hydrogen) atoms. The second-order valence-electron chi connectivity index (χ2n) is 4.39. The first-order valence-electron chi connectivity index (χ1n) is 6.55. The van der Waals surface area contributed by atoms with Gasteiger partial charge in [0.25, 0.3) is 5.56 Å². The summed E-state index contributed by atoms with van der Waals surface area (Å²) in [5, 5.41) is 6.26.